The van der Waals surface area contributed by atoms with Crippen LogP contribution in [0, 0.1) is 5.92 Å². The summed E-state index contributed by atoms with van der Waals surface area (Å²) in [5, 5.41) is 5.66. The van der Waals surface area contributed by atoms with E-state index in [0.29, 0.717) is 35.2 Å². The molecule has 8 nitrogen and oxygen atoms in total. The molecule has 9 heteroatoms. The second-order valence-corrected chi connectivity index (χ2v) is 8.76. The second kappa shape index (κ2) is 9.28. The highest BCUT2D eigenvalue weighted by Gasteiger charge is 2.41. The van der Waals surface area contributed by atoms with E-state index < -0.39 is 12.0 Å². The van der Waals surface area contributed by atoms with Gasteiger partial charge in [0.05, 0.1) is 45.1 Å². The Labute approximate surface area is 191 Å². The molecule has 1 aliphatic carbocycles. The van der Waals surface area contributed by atoms with Gasteiger partial charge in [-0.15, -0.1) is 0 Å². The zero-order chi connectivity index (χ0) is 22.8. The van der Waals surface area contributed by atoms with E-state index in [0.717, 1.165) is 16.4 Å². The second-order valence-electron chi connectivity index (χ2n) is 7.92. The highest BCUT2D eigenvalue weighted by Crippen LogP contribution is 2.46. The quantitative estimate of drug-likeness (QED) is 0.599. The van der Waals surface area contributed by atoms with Gasteiger partial charge in [0.25, 0.3) is 0 Å². The largest absolute Gasteiger partial charge is 0.493 e. The Morgan fingerprint density at radius 1 is 1.19 bits per heavy atom. The Kier molecular flexibility index (Phi) is 6.45. The molecule has 1 amide bonds. The van der Waals surface area contributed by atoms with E-state index in [-0.39, 0.29) is 12.3 Å². The van der Waals surface area contributed by atoms with Gasteiger partial charge in [-0.1, -0.05) is 17.8 Å². The maximum atomic E-state index is 12.8. The van der Waals surface area contributed by atoms with Crippen molar-refractivity contribution < 1.29 is 23.8 Å². The van der Waals surface area contributed by atoms with Crippen molar-refractivity contribution in [2.45, 2.75) is 32.2 Å². The van der Waals surface area contributed by atoms with Crippen molar-refractivity contribution in [2.75, 3.05) is 27.9 Å². The normalized spacial score (nSPS) is 19.8. The fraction of sp³-hybridized carbons (Fsp3) is 0.435. The number of amides is 1. The van der Waals surface area contributed by atoms with Crippen LogP contribution in [0.3, 0.4) is 0 Å². The van der Waals surface area contributed by atoms with Crippen LogP contribution in [-0.4, -0.2) is 49.8 Å². The third-order valence-corrected chi connectivity index (χ3v) is 6.64. The number of esters is 1. The minimum absolute atomic E-state index is 0.0399. The van der Waals surface area contributed by atoms with Gasteiger partial charge < -0.3 is 24.4 Å². The molecular formula is C23H27N3O5S. The Hall–Kier alpha value is -2.94. The van der Waals surface area contributed by atoms with Crippen LogP contribution >= 0.6 is 11.8 Å². The summed E-state index contributed by atoms with van der Waals surface area (Å²) < 4.78 is 16.0. The fourth-order valence-corrected chi connectivity index (χ4v) is 4.85. The van der Waals surface area contributed by atoms with Gasteiger partial charge in [-0.05, 0) is 48.8 Å². The number of benzene rings is 1. The molecule has 0 bridgehead atoms. The van der Waals surface area contributed by atoms with Crippen LogP contribution in [0.15, 0.2) is 45.6 Å². The summed E-state index contributed by atoms with van der Waals surface area (Å²) in [6, 6.07) is 5.03. The number of hydrogen-bond acceptors (Lipinski definition) is 8. The van der Waals surface area contributed by atoms with E-state index in [2.05, 4.69) is 10.3 Å². The van der Waals surface area contributed by atoms with Gasteiger partial charge in [0, 0.05) is 12.2 Å². The molecule has 1 saturated carbocycles. The molecule has 1 fully saturated rings. The van der Waals surface area contributed by atoms with Crippen LogP contribution in [0.25, 0.3) is 0 Å². The molecule has 1 N–H and O–H groups in total. The first kappa shape index (κ1) is 22.3. The highest BCUT2D eigenvalue weighted by molar-refractivity contribution is 8.16. The number of methoxy groups -OCH3 is 3. The maximum absolute atomic E-state index is 12.8. The van der Waals surface area contributed by atoms with Gasteiger partial charge in [-0.3, -0.25) is 4.79 Å². The molecule has 0 saturated heterocycles. The first-order valence-electron chi connectivity index (χ1n) is 10.5. The molecule has 3 aliphatic rings. The van der Waals surface area contributed by atoms with Crippen LogP contribution < -0.4 is 14.8 Å². The van der Waals surface area contributed by atoms with Crippen molar-refractivity contribution in [3.63, 3.8) is 0 Å². The molecular weight excluding hydrogens is 430 g/mol. The van der Waals surface area contributed by atoms with Gasteiger partial charge in [0.15, 0.2) is 16.7 Å². The number of nitrogens with one attached hydrogen (secondary N) is 1. The van der Waals surface area contributed by atoms with Crippen molar-refractivity contribution in [3.8, 4) is 11.5 Å². The summed E-state index contributed by atoms with van der Waals surface area (Å²) in [5.74, 6) is 1.25. The number of aliphatic imine (C=N–C) groups is 1. The average molecular weight is 458 g/mol. The smallest absolute Gasteiger partial charge is 0.338 e. The highest BCUT2D eigenvalue weighted by atomic mass is 32.2. The third kappa shape index (κ3) is 4.34. The lowest BCUT2D eigenvalue weighted by Gasteiger charge is -2.36. The van der Waals surface area contributed by atoms with Gasteiger partial charge >= 0.3 is 5.97 Å². The molecule has 0 unspecified atom stereocenters. The van der Waals surface area contributed by atoms with E-state index in [1.165, 1.54) is 31.7 Å². The fourth-order valence-electron chi connectivity index (χ4n) is 3.89. The summed E-state index contributed by atoms with van der Waals surface area (Å²) in [6.07, 6.45) is 2.56. The number of carbonyl (C=O) groups is 2. The monoisotopic (exact) mass is 457 g/mol. The number of allylic oxidation sites excluding steroid dienone is 1. The van der Waals surface area contributed by atoms with E-state index in [9.17, 15) is 9.59 Å². The topological polar surface area (TPSA) is 89.5 Å². The first-order chi connectivity index (χ1) is 15.5. The summed E-state index contributed by atoms with van der Waals surface area (Å²) in [7, 11) is 4.50. The number of fused-ring (bicyclic) bond motifs is 1. The molecule has 0 spiro atoms. The zero-order valence-corrected chi connectivity index (χ0v) is 19.5. The van der Waals surface area contributed by atoms with Crippen molar-refractivity contribution in [3.05, 3.63) is 46.1 Å². The molecule has 2 aliphatic heterocycles. The molecule has 32 heavy (non-hydrogen) atoms. The Balaban J connectivity index is 1.70. The van der Waals surface area contributed by atoms with Gasteiger partial charge in [-0.2, -0.15) is 0 Å². The molecule has 170 valence electrons. The molecule has 1 aromatic rings. The Morgan fingerprint density at radius 3 is 2.59 bits per heavy atom. The standard InChI is InChI=1S/C23H27N3O5S/c1-13-20(22(28)31-4)21(15-7-8-17(29-2)18(9-15)30-3)26-16(12-32-23(26)25-13)10-19(27)24-11-14-5-6-14/h7-9,12,14,21H,5-6,10-11H2,1-4H3,(H,24,27)/t21-/m0/s1. The Morgan fingerprint density at radius 2 is 1.94 bits per heavy atom. The van der Waals surface area contributed by atoms with Crippen LogP contribution in [0.1, 0.15) is 37.8 Å². The number of amidine groups is 1. The molecule has 4 rings (SSSR count). The molecule has 1 atom stereocenters. The minimum Gasteiger partial charge on any atom is -0.493 e. The maximum Gasteiger partial charge on any atom is 0.338 e. The van der Waals surface area contributed by atoms with E-state index in [1.807, 2.05) is 22.4 Å². The number of nitrogens with zero attached hydrogens (tertiary/aromatic N) is 2. The number of rotatable bonds is 8. The zero-order valence-electron chi connectivity index (χ0n) is 18.6. The summed E-state index contributed by atoms with van der Waals surface area (Å²) >= 11 is 1.45. The van der Waals surface area contributed by atoms with E-state index >= 15 is 0 Å². The lowest BCUT2D eigenvalue weighted by atomic mass is 9.93. The molecule has 2 heterocycles. The Bertz CT molecular complexity index is 1030. The predicted molar refractivity (Wildman–Crippen MR) is 122 cm³/mol. The van der Waals surface area contributed by atoms with Crippen molar-refractivity contribution in [1.82, 2.24) is 10.2 Å². The number of carbonyl (C=O) groups excluding carboxylic acids is 2. The average Bonchev–Trinajstić information content (AvgIpc) is 3.56. The van der Waals surface area contributed by atoms with Crippen molar-refractivity contribution in [1.29, 1.82) is 0 Å². The lowest BCUT2D eigenvalue weighted by Crippen LogP contribution is -2.38. The van der Waals surface area contributed by atoms with Crippen LogP contribution in [0.2, 0.25) is 0 Å². The van der Waals surface area contributed by atoms with E-state index in [1.54, 1.807) is 27.2 Å². The minimum atomic E-state index is -0.507. The van der Waals surface area contributed by atoms with E-state index in [4.69, 9.17) is 14.2 Å². The van der Waals surface area contributed by atoms with Crippen molar-refractivity contribution in [2.24, 2.45) is 10.9 Å². The number of ether oxygens (including phenoxy) is 3. The molecule has 0 radical (unpaired) electrons. The third-order valence-electron chi connectivity index (χ3n) is 5.76. The van der Waals surface area contributed by atoms with Crippen LogP contribution in [0.4, 0.5) is 0 Å². The van der Waals surface area contributed by atoms with Gasteiger partial charge in [0.1, 0.15) is 0 Å². The van der Waals surface area contributed by atoms with Crippen LogP contribution in [0.5, 0.6) is 11.5 Å². The van der Waals surface area contributed by atoms with Gasteiger partial charge in [-0.25, -0.2) is 9.79 Å². The van der Waals surface area contributed by atoms with Gasteiger partial charge in [0.2, 0.25) is 5.91 Å². The first-order valence-corrected chi connectivity index (χ1v) is 11.4. The lowest BCUT2D eigenvalue weighted by molar-refractivity contribution is -0.136. The van der Waals surface area contributed by atoms with Crippen molar-refractivity contribution >= 4 is 28.8 Å². The summed E-state index contributed by atoms with van der Waals surface area (Å²) in [5.41, 5.74) is 2.61. The SMILES string of the molecule is COC(=O)C1=C(C)N=C2SC=C(CC(=O)NCC3CC3)N2[C@H]1c1ccc(OC)c(OC)c1. The molecule has 1 aromatic carbocycles. The molecule has 0 aromatic heterocycles. The summed E-state index contributed by atoms with van der Waals surface area (Å²) in [6.45, 7) is 2.51. The summed E-state index contributed by atoms with van der Waals surface area (Å²) in [4.78, 5) is 32.0. The number of hydrogen-bond donors (Lipinski definition) is 1. The predicted octanol–water partition coefficient (Wildman–Crippen LogP) is 3.37. The number of thioether (sulfide) groups is 1. The van der Waals surface area contributed by atoms with Crippen LogP contribution in [-0.2, 0) is 14.3 Å².